The molecule has 0 fully saturated rings. The van der Waals surface area contributed by atoms with Crippen LogP contribution in [0.1, 0.15) is 29.9 Å². The van der Waals surface area contributed by atoms with E-state index in [-0.39, 0.29) is 6.42 Å². The number of nitrogens with zero attached hydrogens (tertiary/aromatic N) is 1. The van der Waals surface area contributed by atoms with Gasteiger partial charge in [0, 0.05) is 5.38 Å². The van der Waals surface area contributed by atoms with E-state index in [1.54, 1.807) is 29.6 Å². The Morgan fingerprint density at radius 3 is 2.75 bits per heavy atom. The van der Waals surface area contributed by atoms with Crippen molar-refractivity contribution in [3.8, 4) is 5.75 Å². The van der Waals surface area contributed by atoms with Gasteiger partial charge in [-0.25, -0.2) is 9.78 Å². The summed E-state index contributed by atoms with van der Waals surface area (Å²) in [5.74, 6) is -0.654. The van der Waals surface area contributed by atoms with Crippen molar-refractivity contribution >= 4 is 34.3 Å². The summed E-state index contributed by atoms with van der Waals surface area (Å²) in [5.41, 5.74) is 0.783. The highest BCUT2D eigenvalue weighted by Crippen LogP contribution is 2.17. The highest BCUT2D eigenvalue weighted by molar-refractivity contribution is 7.13. The number of benzene rings is 1. The van der Waals surface area contributed by atoms with Crippen LogP contribution in [0.2, 0.25) is 0 Å². The smallest absolute Gasteiger partial charge is 0.338 e. The molecule has 0 aliphatic rings. The van der Waals surface area contributed by atoms with E-state index in [1.807, 2.05) is 13.8 Å². The highest BCUT2D eigenvalue weighted by atomic mass is 32.1. The minimum atomic E-state index is -0.629. The summed E-state index contributed by atoms with van der Waals surface area (Å²) in [6, 6.07) is 6.59. The first-order valence-electron chi connectivity index (χ1n) is 8.58. The van der Waals surface area contributed by atoms with Gasteiger partial charge in [-0.05, 0) is 24.1 Å². The van der Waals surface area contributed by atoms with Crippen molar-refractivity contribution < 1.29 is 28.6 Å². The third-order valence-corrected chi connectivity index (χ3v) is 4.15. The van der Waals surface area contributed by atoms with Crippen LogP contribution in [0.5, 0.6) is 5.75 Å². The van der Waals surface area contributed by atoms with E-state index in [9.17, 15) is 14.4 Å². The average molecular weight is 406 g/mol. The molecule has 150 valence electrons. The van der Waals surface area contributed by atoms with Gasteiger partial charge >= 0.3 is 11.9 Å². The summed E-state index contributed by atoms with van der Waals surface area (Å²) in [4.78, 5) is 39.4. The molecular formula is C19H22N2O6S. The molecule has 1 N–H and O–H groups in total. The van der Waals surface area contributed by atoms with Gasteiger partial charge in [-0.1, -0.05) is 19.9 Å². The van der Waals surface area contributed by atoms with E-state index in [0.717, 1.165) is 11.3 Å². The first-order chi connectivity index (χ1) is 13.4. The fourth-order valence-electron chi connectivity index (χ4n) is 2.01. The Bertz CT molecular complexity index is 833. The molecule has 2 aromatic rings. The second-order valence-electron chi connectivity index (χ2n) is 6.25. The summed E-state index contributed by atoms with van der Waals surface area (Å²) >= 11 is 1.16. The van der Waals surface area contributed by atoms with Crippen molar-refractivity contribution in [3.63, 3.8) is 0 Å². The number of carbonyl (C=O) groups excluding carboxylic acids is 3. The van der Waals surface area contributed by atoms with Crippen LogP contribution in [0.15, 0.2) is 29.6 Å². The Labute approximate surface area is 166 Å². The zero-order valence-corrected chi connectivity index (χ0v) is 16.7. The molecule has 1 amide bonds. The van der Waals surface area contributed by atoms with Crippen molar-refractivity contribution in [2.24, 2.45) is 5.92 Å². The molecule has 0 saturated heterocycles. The molecule has 0 aliphatic carbocycles. The van der Waals surface area contributed by atoms with Crippen LogP contribution < -0.4 is 10.1 Å². The van der Waals surface area contributed by atoms with Gasteiger partial charge in [-0.2, -0.15) is 0 Å². The van der Waals surface area contributed by atoms with Crippen molar-refractivity contribution in [2.75, 3.05) is 25.6 Å². The van der Waals surface area contributed by atoms with Crippen molar-refractivity contribution in [2.45, 2.75) is 20.3 Å². The second kappa shape index (κ2) is 10.4. The number of hydrogen-bond donors (Lipinski definition) is 1. The van der Waals surface area contributed by atoms with Gasteiger partial charge in [0.25, 0.3) is 5.91 Å². The molecule has 0 aliphatic heterocycles. The lowest BCUT2D eigenvalue weighted by Crippen LogP contribution is -2.21. The molecule has 0 atom stereocenters. The summed E-state index contributed by atoms with van der Waals surface area (Å²) in [6.45, 7) is 4.13. The SMILES string of the molecule is COC(=O)Cc1csc(NC(=O)COC(=O)c2cccc(OCC(C)C)c2)n1. The van der Waals surface area contributed by atoms with Crippen LogP contribution in [0, 0.1) is 5.92 Å². The van der Waals surface area contributed by atoms with Crippen molar-refractivity contribution in [3.05, 3.63) is 40.9 Å². The lowest BCUT2D eigenvalue weighted by atomic mass is 10.2. The van der Waals surface area contributed by atoms with Crippen LogP contribution in [0.3, 0.4) is 0 Å². The minimum Gasteiger partial charge on any atom is -0.493 e. The normalized spacial score (nSPS) is 10.4. The molecule has 0 bridgehead atoms. The second-order valence-corrected chi connectivity index (χ2v) is 7.11. The molecule has 0 radical (unpaired) electrons. The summed E-state index contributed by atoms with van der Waals surface area (Å²) < 4.78 is 15.2. The van der Waals surface area contributed by atoms with Crippen molar-refractivity contribution in [1.82, 2.24) is 4.98 Å². The number of hydrogen-bond acceptors (Lipinski definition) is 8. The van der Waals surface area contributed by atoms with E-state index in [4.69, 9.17) is 9.47 Å². The zero-order chi connectivity index (χ0) is 20.5. The number of esters is 2. The summed E-state index contributed by atoms with van der Waals surface area (Å²) in [6.07, 6.45) is 0.0209. The molecule has 0 unspecified atom stereocenters. The van der Waals surface area contributed by atoms with Gasteiger partial charge in [-0.15, -0.1) is 11.3 Å². The molecule has 28 heavy (non-hydrogen) atoms. The van der Waals surface area contributed by atoms with E-state index in [1.165, 1.54) is 7.11 Å². The quantitative estimate of drug-likeness (QED) is 0.639. The lowest BCUT2D eigenvalue weighted by Gasteiger charge is -2.10. The van der Waals surface area contributed by atoms with Crippen molar-refractivity contribution in [1.29, 1.82) is 0 Å². The maximum atomic E-state index is 12.1. The van der Waals surface area contributed by atoms with Gasteiger partial charge in [0.1, 0.15) is 5.75 Å². The Balaban J connectivity index is 1.83. The highest BCUT2D eigenvalue weighted by Gasteiger charge is 2.13. The van der Waals surface area contributed by atoms with Gasteiger partial charge < -0.3 is 14.2 Å². The molecule has 1 aromatic heterocycles. The Morgan fingerprint density at radius 1 is 1.25 bits per heavy atom. The maximum Gasteiger partial charge on any atom is 0.338 e. The monoisotopic (exact) mass is 406 g/mol. The van der Waals surface area contributed by atoms with Crippen LogP contribution in [-0.4, -0.2) is 43.2 Å². The molecule has 1 heterocycles. The van der Waals surface area contributed by atoms with Crippen LogP contribution in [0.25, 0.3) is 0 Å². The number of rotatable bonds is 9. The van der Waals surface area contributed by atoms with E-state index >= 15 is 0 Å². The molecule has 2 rings (SSSR count). The van der Waals surface area contributed by atoms with Crippen LogP contribution in [0.4, 0.5) is 5.13 Å². The Kier molecular flexibility index (Phi) is 7.94. The third kappa shape index (κ3) is 6.99. The number of aromatic nitrogens is 1. The lowest BCUT2D eigenvalue weighted by molar-refractivity contribution is -0.139. The third-order valence-electron chi connectivity index (χ3n) is 3.34. The van der Waals surface area contributed by atoms with E-state index in [0.29, 0.717) is 34.7 Å². The average Bonchev–Trinajstić information content (AvgIpc) is 3.11. The zero-order valence-electron chi connectivity index (χ0n) is 15.9. The molecular weight excluding hydrogens is 384 g/mol. The number of ether oxygens (including phenoxy) is 3. The fraction of sp³-hybridized carbons (Fsp3) is 0.368. The molecule has 0 saturated carbocycles. The largest absolute Gasteiger partial charge is 0.493 e. The molecule has 9 heteroatoms. The Hall–Kier alpha value is -2.94. The Morgan fingerprint density at radius 2 is 2.04 bits per heavy atom. The minimum absolute atomic E-state index is 0.0209. The number of amides is 1. The van der Waals surface area contributed by atoms with E-state index in [2.05, 4.69) is 15.0 Å². The molecule has 0 spiro atoms. The number of nitrogens with one attached hydrogen (secondary N) is 1. The standard InChI is InChI=1S/C19H22N2O6S/c1-12(2)9-26-15-6-4-5-13(7-15)18(24)27-10-16(22)21-19-20-14(11-28-19)8-17(23)25-3/h4-7,11-12H,8-10H2,1-3H3,(H,20,21,22). The van der Waals surface area contributed by atoms with Gasteiger partial charge in [0.05, 0.1) is 31.4 Å². The number of carbonyl (C=O) groups is 3. The number of methoxy groups -OCH3 is 1. The molecule has 8 nitrogen and oxygen atoms in total. The van der Waals surface area contributed by atoms with E-state index < -0.39 is 24.5 Å². The summed E-state index contributed by atoms with van der Waals surface area (Å²) in [7, 11) is 1.29. The number of thiazole rings is 1. The number of anilines is 1. The van der Waals surface area contributed by atoms with Crippen LogP contribution >= 0.6 is 11.3 Å². The maximum absolute atomic E-state index is 12.1. The first kappa shape index (κ1) is 21.4. The summed E-state index contributed by atoms with van der Waals surface area (Å²) in [5, 5.41) is 4.47. The van der Waals surface area contributed by atoms with Gasteiger partial charge in [-0.3, -0.25) is 14.9 Å². The van der Waals surface area contributed by atoms with Crippen LogP contribution in [-0.2, 0) is 25.5 Å². The van der Waals surface area contributed by atoms with Gasteiger partial charge in [0.2, 0.25) is 0 Å². The molecule has 1 aromatic carbocycles. The topological polar surface area (TPSA) is 104 Å². The predicted octanol–water partition coefficient (Wildman–Crippen LogP) is 2.69. The fourth-order valence-corrected chi connectivity index (χ4v) is 2.74. The predicted molar refractivity (Wildman–Crippen MR) is 104 cm³/mol. The first-order valence-corrected chi connectivity index (χ1v) is 9.46. The van der Waals surface area contributed by atoms with Gasteiger partial charge in [0.15, 0.2) is 11.7 Å².